The lowest BCUT2D eigenvalue weighted by Gasteiger charge is -2.41. The summed E-state index contributed by atoms with van der Waals surface area (Å²) in [6.07, 6.45) is 5.56. The zero-order chi connectivity index (χ0) is 13.5. The summed E-state index contributed by atoms with van der Waals surface area (Å²) < 4.78 is 5.54. The van der Waals surface area contributed by atoms with Gasteiger partial charge in [-0.05, 0) is 47.4 Å². The number of hydrogen-bond acceptors (Lipinski definition) is 2. The van der Waals surface area contributed by atoms with Crippen LogP contribution in [0.3, 0.4) is 0 Å². The highest BCUT2D eigenvalue weighted by Crippen LogP contribution is 2.47. The molecule has 2 unspecified atom stereocenters. The highest BCUT2D eigenvalue weighted by Gasteiger charge is 2.37. The summed E-state index contributed by atoms with van der Waals surface area (Å²) in [5.74, 6) is 1.38. The summed E-state index contributed by atoms with van der Waals surface area (Å²) in [6, 6.07) is 6.22. The number of ether oxygens (including phenoxy) is 1. The molecule has 1 aliphatic heterocycles. The van der Waals surface area contributed by atoms with Crippen LogP contribution in [0.1, 0.15) is 56.8 Å². The fourth-order valence-electron chi connectivity index (χ4n) is 3.73. The minimum absolute atomic E-state index is 0.243. The molecule has 1 N–H and O–H groups in total. The van der Waals surface area contributed by atoms with Crippen LogP contribution in [0, 0.1) is 11.3 Å². The average molecular weight is 260 g/mol. The summed E-state index contributed by atoms with van der Waals surface area (Å²) in [6.45, 7) is 5.39. The van der Waals surface area contributed by atoms with E-state index >= 15 is 0 Å². The Labute approximate surface area is 115 Å². The predicted octanol–water partition coefficient (Wildman–Crippen LogP) is 3.87. The molecule has 2 nitrogen and oxygen atoms in total. The summed E-state index contributed by atoms with van der Waals surface area (Å²) in [5, 5.41) is 10.8. The summed E-state index contributed by atoms with van der Waals surface area (Å²) >= 11 is 0. The monoisotopic (exact) mass is 260 g/mol. The summed E-state index contributed by atoms with van der Waals surface area (Å²) in [5.41, 5.74) is 2.57. The van der Waals surface area contributed by atoms with E-state index in [0.29, 0.717) is 5.92 Å². The normalized spacial score (nSPS) is 26.6. The lowest BCUT2D eigenvalue weighted by atomic mass is 9.65. The van der Waals surface area contributed by atoms with Crippen LogP contribution >= 0.6 is 0 Å². The van der Waals surface area contributed by atoms with Gasteiger partial charge in [0.25, 0.3) is 0 Å². The molecule has 1 aromatic carbocycles. The zero-order valence-electron chi connectivity index (χ0n) is 12.0. The molecule has 2 heteroatoms. The van der Waals surface area contributed by atoms with Crippen LogP contribution in [0.25, 0.3) is 0 Å². The quantitative estimate of drug-likeness (QED) is 0.874. The maximum Gasteiger partial charge on any atom is 0.122 e. The fraction of sp³-hybridized carbons (Fsp3) is 0.647. The van der Waals surface area contributed by atoms with Crippen LogP contribution < -0.4 is 4.74 Å². The Hall–Kier alpha value is -1.02. The van der Waals surface area contributed by atoms with E-state index in [1.54, 1.807) is 0 Å². The smallest absolute Gasteiger partial charge is 0.122 e. The molecule has 1 heterocycles. The highest BCUT2D eigenvalue weighted by molar-refractivity contribution is 5.40. The third-order valence-electron chi connectivity index (χ3n) is 5.03. The molecule has 1 fully saturated rings. The average Bonchev–Trinajstić information content (AvgIpc) is 2.84. The van der Waals surface area contributed by atoms with Gasteiger partial charge in [-0.2, -0.15) is 0 Å². The van der Waals surface area contributed by atoms with Gasteiger partial charge in [0.2, 0.25) is 0 Å². The van der Waals surface area contributed by atoms with Crippen LogP contribution in [0.2, 0.25) is 0 Å². The van der Waals surface area contributed by atoms with Gasteiger partial charge in [-0.15, -0.1) is 0 Å². The molecule has 2 aliphatic rings. The Morgan fingerprint density at radius 1 is 1.32 bits per heavy atom. The van der Waals surface area contributed by atoms with Crippen molar-refractivity contribution in [3.05, 3.63) is 29.3 Å². The van der Waals surface area contributed by atoms with Crippen molar-refractivity contribution < 1.29 is 9.84 Å². The first kappa shape index (κ1) is 13.0. The van der Waals surface area contributed by atoms with Crippen LogP contribution in [-0.4, -0.2) is 11.7 Å². The molecule has 0 aromatic heterocycles. The van der Waals surface area contributed by atoms with Gasteiger partial charge in [0.05, 0.1) is 12.7 Å². The molecular formula is C17H24O2. The van der Waals surface area contributed by atoms with Gasteiger partial charge in [0.1, 0.15) is 5.75 Å². The molecule has 19 heavy (non-hydrogen) atoms. The first-order valence-corrected chi connectivity index (χ1v) is 7.52. The number of benzene rings is 1. The van der Waals surface area contributed by atoms with E-state index in [1.807, 2.05) is 12.1 Å². The minimum Gasteiger partial charge on any atom is -0.493 e. The second kappa shape index (κ2) is 4.82. The van der Waals surface area contributed by atoms with E-state index in [2.05, 4.69) is 19.9 Å². The SMILES string of the molecule is CC1(C)CCCCC1C(O)c1ccc2c(c1)CCO2. The van der Waals surface area contributed by atoms with E-state index in [-0.39, 0.29) is 11.5 Å². The Morgan fingerprint density at radius 2 is 2.16 bits per heavy atom. The van der Waals surface area contributed by atoms with Gasteiger partial charge in [0.15, 0.2) is 0 Å². The largest absolute Gasteiger partial charge is 0.493 e. The molecule has 0 spiro atoms. The summed E-state index contributed by atoms with van der Waals surface area (Å²) in [7, 11) is 0. The number of hydrogen-bond donors (Lipinski definition) is 1. The number of fused-ring (bicyclic) bond motifs is 1. The minimum atomic E-state index is -0.332. The molecule has 0 saturated heterocycles. The fourth-order valence-corrected chi connectivity index (χ4v) is 3.73. The van der Waals surface area contributed by atoms with E-state index < -0.39 is 0 Å². The second-order valence-electron chi connectivity index (χ2n) is 6.75. The van der Waals surface area contributed by atoms with Gasteiger partial charge in [0, 0.05) is 6.42 Å². The number of rotatable bonds is 2. The maximum atomic E-state index is 10.8. The van der Waals surface area contributed by atoms with E-state index in [9.17, 15) is 5.11 Å². The van der Waals surface area contributed by atoms with Gasteiger partial charge in [-0.1, -0.05) is 32.8 Å². The number of aliphatic hydroxyl groups is 1. The second-order valence-corrected chi connectivity index (χ2v) is 6.75. The standard InChI is InChI=1S/C17H24O2/c1-17(2)9-4-3-5-14(17)16(18)13-6-7-15-12(11-13)8-10-19-15/h6-7,11,14,16,18H,3-5,8-10H2,1-2H3. The van der Waals surface area contributed by atoms with E-state index in [1.165, 1.54) is 24.8 Å². The van der Waals surface area contributed by atoms with Crippen LogP contribution in [0.5, 0.6) is 5.75 Å². The lowest BCUT2D eigenvalue weighted by molar-refractivity contribution is 0.00382. The topological polar surface area (TPSA) is 29.5 Å². The molecule has 1 aliphatic carbocycles. The summed E-state index contributed by atoms with van der Waals surface area (Å²) in [4.78, 5) is 0. The van der Waals surface area contributed by atoms with Crippen molar-refractivity contribution in [1.82, 2.24) is 0 Å². The van der Waals surface area contributed by atoms with Crippen LogP contribution in [-0.2, 0) is 6.42 Å². The Kier molecular flexibility index (Phi) is 3.30. The van der Waals surface area contributed by atoms with Crippen LogP contribution in [0.15, 0.2) is 18.2 Å². The first-order valence-electron chi connectivity index (χ1n) is 7.52. The molecule has 1 aromatic rings. The zero-order valence-corrected chi connectivity index (χ0v) is 12.0. The lowest BCUT2D eigenvalue weighted by Crippen LogP contribution is -2.32. The molecule has 3 rings (SSSR count). The van der Waals surface area contributed by atoms with E-state index in [0.717, 1.165) is 30.8 Å². The van der Waals surface area contributed by atoms with Crippen molar-refractivity contribution >= 4 is 0 Å². The molecule has 104 valence electrons. The van der Waals surface area contributed by atoms with Crippen molar-refractivity contribution in [2.24, 2.45) is 11.3 Å². The Morgan fingerprint density at radius 3 is 2.95 bits per heavy atom. The predicted molar refractivity (Wildman–Crippen MR) is 76.3 cm³/mol. The van der Waals surface area contributed by atoms with Gasteiger partial charge in [-0.25, -0.2) is 0 Å². The molecule has 0 bridgehead atoms. The molecule has 0 radical (unpaired) electrons. The van der Waals surface area contributed by atoms with E-state index in [4.69, 9.17) is 4.74 Å². The molecule has 0 amide bonds. The molecular weight excluding hydrogens is 236 g/mol. The molecule has 2 atom stereocenters. The highest BCUT2D eigenvalue weighted by atomic mass is 16.5. The first-order chi connectivity index (χ1) is 9.08. The van der Waals surface area contributed by atoms with Gasteiger partial charge < -0.3 is 9.84 Å². The van der Waals surface area contributed by atoms with Gasteiger partial charge in [-0.3, -0.25) is 0 Å². The van der Waals surface area contributed by atoms with Crippen molar-refractivity contribution in [1.29, 1.82) is 0 Å². The Bertz CT molecular complexity index is 464. The number of aliphatic hydroxyl groups excluding tert-OH is 1. The van der Waals surface area contributed by atoms with Crippen molar-refractivity contribution in [2.45, 2.75) is 52.1 Å². The van der Waals surface area contributed by atoms with Gasteiger partial charge >= 0.3 is 0 Å². The third-order valence-corrected chi connectivity index (χ3v) is 5.03. The maximum absolute atomic E-state index is 10.8. The van der Waals surface area contributed by atoms with Crippen molar-refractivity contribution in [3.63, 3.8) is 0 Å². The van der Waals surface area contributed by atoms with Crippen molar-refractivity contribution in [3.8, 4) is 5.75 Å². The molecule has 1 saturated carbocycles. The van der Waals surface area contributed by atoms with Crippen molar-refractivity contribution in [2.75, 3.05) is 6.61 Å². The van der Waals surface area contributed by atoms with Crippen LogP contribution in [0.4, 0.5) is 0 Å². The third kappa shape index (κ3) is 2.38. The Balaban J connectivity index is 1.85.